The molecule has 1 aromatic heterocycles. The van der Waals surface area contributed by atoms with Crippen LogP contribution in [0, 0.1) is 27.7 Å². The number of para-hydroxylation sites is 1. The predicted molar refractivity (Wildman–Crippen MR) is 87.0 cm³/mol. The van der Waals surface area contributed by atoms with E-state index in [0.717, 1.165) is 0 Å². The molecule has 2 aromatic rings. The maximum atomic E-state index is 2.60. The van der Waals surface area contributed by atoms with Gasteiger partial charge in [0.05, 0.1) is 0 Å². The molecule has 0 N–H and O–H groups in total. The van der Waals surface area contributed by atoms with Gasteiger partial charge >= 0.3 is 0 Å². The second-order valence-corrected chi connectivity index (χ2v) is 6.50. The lowest BCUT2D eigenvalue weighted by molar-refractivity contribution is -0.735. The van der Waals surface area contributed by atoms with Crippen molar-refractivity contribution in [2.45, 2.75) is 65.8 Å². The van der Waals surface area contributed by atoms with Crippen LogP contribution in [-0.2, 0) is 0 Å². The zero-order valence-electron chi connectivity index (χ0n) is 13.8. The summed E-state index contributed by atoms with van der Waals surface area (Å²) in [6.07, 6.45) is 6.84. The van der Waals surface area contributed by atoms with E-state index in [4.69, 9.17) is 0 Å². The highest BCUT2D eigenvalue weighted by atomic mass is 15.2. The first kappa shape index (κ1) is 14.4. The van der Waals surface area contributed by atoms with Gasteiger partial charge in [-0.05, 0) is 44.2 Å². The molecule has 112 valence electrons. The Morgan fingerprint density at radius 3 is 2.29 bits per heavy atom. The fourth-order valence-corrected chi connectivity index (χ4v) is 3.98. The Bertz CT molecular complexity index is 646. The number of hydrogen-bond donors (Lipinski definition) is 0. The molecular weight excluding hydrogens is 256 g/mol. The van der Waals surface area contributed by atoms with Gasteiger partial charge < -0.3 is 0 Å². The number of benzene rings is 1. The van der Waals surface area contributed by atoms with Crippen LogP contribution < -0.4 is 4.57 Å². The van der Waals surface area contributed by atoms with Gasteiger partial charge in [0, 0.05) is 20.8 Å². The maximum Gasteiger partial charge on any atom is 0.259 e. The van der Waals surface area contributed by atoms with Crippen molar-refractivity contribution >= 4 is 0 Å². The monoisotopic (exact) mass is 283 g/mol. The van der Waals surface area contributed by atoms with Crippen LogP contribution in [0.3, 0.4) is 0 Å². The summed E-state index contributed by atoms with van der Waals surface area (Å²) >= 11 is 0. The Morgan fingerprint density at radius 1 is 0.952 bits per heavy atom. The van der Waals surface area contributed by atoms with Gasteiger partial charge in [-0.25, -0.2) is 4.57 Å². The van der Waals surface area contributed by atoms with Gasteiger partial charge in [0.25, 0.3) is 5.82 Å². The van der Waals surface area contributed by atoms with Crippen molar-refractivity contribution < 1.29 is 4.57 Å². The van der Waals surface area contributed by atoms with Crippen LogP contribution in [0.5, 0.6) is 0 Å². The zero-order valence-corrected chi connectivity index (χ0v) is 13.8. The van der Waals surface area contributed by atoms with Gasteiger partial charge in [-0.1, -0.05) is 24.6 Å². The van der Waals surface area contributed by atoms with Gasteiger partial charge in [-0.2, -0.15) is 4.57 Å². The first-order chi connectivity index (χ1) is 10.1. The lowest BCUT2D eigenvalue weighted by Crippen LogP contribution is -2.44. The molecule has 21 heavy (non-hydrogen) atoms. The molecule has 0 saturated heterocycles. The molecule has 0 bridgehead atoms. The summed E-state index contributed by atoms with van der Waals surface area (Å²) in [5.74, 6) is 1.38. The molecule has 2 nitrogen and oxygen atoms in total. The van der Waals surface area contributed by atoms with Gasteiger partial charge in [-0.15, -0.1) is 0 Å². The maximum absolute atomic E-state index is 2.60. The smallest absolute Gasteiger partial charge is 0.229 e. The van der Waals surface area contributed by atoms with Crippen LogP contribution in [0.2, 0.25) is 0 Å². The summed E-state index contributed by atoms with van der Waals surface area (Å²) in [7, 11) is 0. The molecule has 2 heteroatoms. The van der Waals surface area contributed by atoms with E-state index in [-0.39, 0.29) is 0 Å². The summed E-state index contributed by atoms with van der Waals surface area (Å²) in [6.45, 7) is 9.02. The minimum absolute atomic E-state index is 0.697. The highest BCUT2D eigenvalue weighted by Gasteiger charge is 2.30. The molecule has 0 amide bonds. The third-order valence-corrected chi connectivity index (χ3v) is 5.19. The minimum Gasteiger partial charge on any atom is -0.229 e. The molecule has 1 heterocycles. The third kappa shape index (κ3) is 2.41. The molecule has 1 saturated carbocycles. The molecule has 3 rings (SSSR count). The highest BCUT2D eigenvalue weighted by molar-refractivity contribution is 5.42. The van der Waals surface area contributed by atoms with Crippen molar-refractivity contribution in [2.24, 2.45) is 0 Å². The number of rotatable bonds is 2. The first-order valence-corrected chi connectivity index (χ1v) is 8.27. The van der Waals surface area contributed by atoms with E-state index < -0.39 is 0 Å². The van der Waals surface area contributed by atoms with Crippen LogP contribution in [0.1, 0.15) is 60.9 Å². The van der Waals surface area contributed by atoms with Gasteiger partial charge in [0.1, 0.15) is 23.1 Å². The predicted octanol–water partition coefficient (Wildman–Crippen LogP) is 4.50. The van der Waals surface area contributed by atoms with Gasteiger partial charge in [-0.3, -0.25) is 0 Å². The Balaban J connectivity index is 2.13. The van der Waals surface area contributed by atoms with Crippen molar-refractivity contribution in [3.63, 3.8) is 0 Å². The first-order valence-electron chi connectivity index (χ1n) is 8.27. The molecule has 1 fully saturated rings. The Hall–Kier alpha value is -1.57. The van der Waals surface area contributed by atoms with Gasteiger partial charge in [0.15, 0.2) is 0 Å². The SMILES string of the molecule is Cc1ccccc1-n1c(C)c(C)[n+](C2CCCCC2)c1C. The fourth-order valence-electron chi connectivity index (χ4n) is 3.98. The van der Waals surface area contributed by atoms with Crippen LogP contribution in [-0.4, -0.2) is 4.57 Å². The summed E-state index contributed by atoms with van der Waals surface area (Å²) in [5, 5.41) is 0. The number of imidazole rings is 1. The number of nitrogens with zero attached hydrogens (tertiary/aromatic N) is 2. The Kier molecular flexibility index (Phi) is 3.88. The third-order valence-electron chi connectivity index (χ3n) is 5.19. The van der Waals surface area contributed by atoms with E-state index in [0.29, 0.717) is 6.04 Å². The highest BCUT2D eigenvalue weighted by Crippen LogP contribution is 2.27. The van der Waals surface area contributed by atoms with Crippen molar-refractivity contribution in [3.05, 3.63) is 47.0 Å². The largest absolute Gasteiger partial charge is 0.259 e. The summed E-state index contributed by atoms with van der Waals surface area (Å²) < 4.78 is 5.04. The van der Waals surface area contributed by atoms with Crippen molar-refractivity contribution in [1.82, 2.24) is 4.57 Å². The van der Waals surface area contributed by atoms with E-state index in [1.165, 1.54) is 60.6 Å². The molecule has 0 aliphatic heterocycles. The number of aromatic nitrogens is 2. The second kappa shape index (κ2) is 5.67. The molecule has 0 atom stereocenters. The van der Waals surface area contributed by atoms with Crippen LogP contribution in [0.4, 0.5) is 0 Å². The van der Waals surface area contributed by atoms with Crippen LogP contribution >= 0.6 is 0 Å². The molecular formula is C19H27N2+. The normalized spacial score (nSPS) is 16.4. The average Bonchev–Trinajstić information content (AvgIpc) is 2.71. The van der Waals surface area contributed by atoms with Crippen molar-refractivity contribution in [1.29, 1.82) is 0 Å². The van der Waals surface area contributed by atoms with E-state index in [9.17, 15) is 0 Å². The fraction of sp³-hybridized carbons (Fsp3) is 0.526. The molecule has 1 aliphatic carbocycles. The zero-order chi connectivity index (χ0) is 15.0. The Morgan fingerprint density at radius 2 is 1.62 bits per heavy atom. The standard InChI is InChI=1S/C19H27N2/c1-14-10-8-9-13-19(14)21-16(3)15(2)20(17(21)4)18-11-6-5-7-12-18/h8-10,13,18H,5-7,11-12H2,1-4H3/q+1. The lowest BCUT2D eigenvalue weighted by Gasteiger charge is -2.20. The summed E-state index contributed by atoms with van der Waals surface area (Å²) in [6, 6.07) is 9.40. The number of aryl methyl sites for hydroxylation is 1. The quantitative estimate of drug-likeness (QED) is 0.717. The van der Waals surface area contributed by atoms with Crippen molar-refractivity contribution in [2.75, 3.05) is 0 Å². The topological polar surface area (TPSA) is 8.81 Å². The number of hydrogen-bond acceptors (Lipinski definition) is 0. The summed E-state index contributed by atoms with van der Waals surface area (Å²) in [4.78, 5) is 0. The minimum atomic E-state index is 0.697. The van der Waals surface area contributed by atoms with E-state index in [1.807, 2.05) is 0 Å². The molecule has 1 aromatic carbocycles. The summed E-state index contributed by atoms with van der Waals surface area (Å²) in [5.41, 5.74) is 5.48. The molecule has 0 radical (unpaired) electrons. The molecule has 1 aliphatic rings. The van der Waals surface area contributed by atoms with E-state index >= 15 is 0 Å². The molecule has 0 spiro atoms. The van der Waals surface area contributed by atoms with E-state index in [1.54, 1.807) is 0 Å². The van der Waals surface area contributed by atoms with Crippen LogP contribution in [0.15, 0.2) is 24.3 Å². The van der Waals surface area contributed by atoms with Crippen LogP contribution in [0.25, 0.3) is 5.69 Å². The molecule has 0 unspecified atom stereocenters. The van der Waals surface area contributed by atoms with E-state index in [2.05, 4.69) is 61.1 Å². The Labute approximate surface area is 128 Å². The van der Waals surface area contributed by atoms with Crippen molar-refractivity contribution in [3.8, 4) is 5.69 Å². The lowest BCUT2D eigenvalue weighted by atomic mass is 9.95. The second-order valence-electron chi connectivity index (χ2n) is 6.50. The average molecular weight is 283 g/mol. The van der Waals surface area contributed by atoms with Gasteiger partial charge in [0.2, 0.25) is 0 Å².